The molecule has 0 amide bonds. The van der Waals surface area contributed by atoms with Crippen LogP contribution in [0.25, 0.3) is 22.3 Å². The van der Waals surface area contributed by atoms with Gasteiger partial charge in [0.05, 0.1) is 20.1 Å². The Labute approximate surface area is 185 Å². The molecule has 31 heavy (non-hydrogen) atoms. The summed E-state index contributed by atoms with van der Waals surface area (Å²) in [6, 6.07) is 21.2. The van der Waals surface area contributed by atoms with Crippen molar-refractivity contribution in [3.8, 4) is 33.8 Å². The van der Waals surface area contributed by atoms with E-state index < -0.39 is 0 Å². The third kappa shape index (κ3) is 5.46. The van der Waals surface area contributed by atoms with Gasteiger partial charge in [-0.3, -0.25) is 5.41 Å². The Morgan fingerprint density at radius 2 is 1.52 bits per heavy atom. The summed E-state index contributed by atoms with van der Waals surface area (Å²) in [4.78, 5) is 0. The van der Waals surface area contributed by atoms with Crippen LogP contribution in [0.4, 0.5) is 0 Å². The Kier molecular flexibility index (Phi) is 6.69. The van der Waals surface area contributed by atoms with Gasteiger partial charge in [-0.15, -0.1) is 0 Å². The number of rotatable bonds is 7. The van der Waals surface area contributed by atoms with Gasteiger partial charge in [0, 0.05) is 18.1 Å². The Bertz CT molecular complexity index is 1060. The van der Waals surface area contributed by atoms with Crippen LogP contribution in [0, 0.1) is 5.41 Å². The average Bonchev–Trinajstić information content (AvgIpc) is 2.76. The molecule has 0 heterocycles. The number of nitrogens with one attached hydrogen (secondary N) is 1. The fraction of sp³-hybridized carbons (Fsp3) is 0.296. The molecule has 0 radical (unpaired) electrons. The van der Waals surface area contributed by atoms with Gasteiger partial charge in [0.15, 0.2) is 0 Å². The van der Waals surface area contributed by atoms with Crippen molar-refractivity contribution in [3.63, 3.8) is 0 Å². The normalized spacial score (nSPS) is 11.3. The van der Waals surface area contributed by atoms with E-state index in [9.17, 15) is 0 Å². The number of nitrogens with two attached hydrogens (primary N) is 1. The van der Waals surface area contributed by atoms with E-state index in [0.29, 0.717) is 12.8 Å². The smallest absolute Gasteiger partial charge is 0.130 e. The first-order chi connectivity index (χ1) is 14.7. The van der Waals surface area contributed by atoms with Crippen LogP contribution in [0.15, 0.2) is 60.7 Å². The van der Waals surface area contributed by atoms with Crippen LogP contribution in [0.1, 0.15) is 38.3 Å². The van der Waals surface area contributed by atoms with E-state index in [4.69, 9.17) is 20.6 Å². The lowest BCUT2D eigenvalue weighted by atomic mass is 9.86. The number of benzene rings is 3. The van der Waals surface area contributed by atoms with Crippen LogP contribution in [0.5, 0.6) is 11.5 Å². The molecule has 3 N–H and O–H groups in total. The second-order valence-corrected chi connectivity index (χ2v) is 8.84. The summed E-state index contributed by atoms with van der Waals surface area (Å²) in [6.45, 7) is 6.66. The molecule has 0 saturated carbocycles. The first-order valence-corrected chi connectivity index (χ1v) is 10.5. The summed E-state index contributed by atoms with van der Waals surface area (Å²) in [6.07, 6.45) is 1.25. The minimum absolute atomic E-state index is 0.115. The van der Waals surface area contributed by atoms with Crippen LogP contribution >= 0.6 is 0 Å². The summed E-state index contributed by atoms with van der Waals surface area (Å²) < 4.78 is 11.0. The summed E-state index contributed by atoms with van der Waals surface area (Å²) in [5.41, 5.74) is 12.5. The third-order valence-corrected chi connectivity index (χ3v) is 5.48. The molecule has 4 nitrogen and oxygen atoms in total. The molecule has 0 aliphatic heterocycles. The molecule has 0 aliphatic rings. The minimum atomic E-state index is 0.115. The maximum absolute atomic E-state index is 7.61. The lowest BCUT2D eigenvalue weighted by Gasteiger charge is -2.19. The van der Waals surface area contributed by atoms with E-state index >= 15 is 0 Å². The molecule has 0 bridgehead atoms. The van der Waals surface area contributed by atoms with Gasteiger partial charge in [0.1, 0.15) is 11.5 Å². The molecule has 3 rings (SSSR count). The maximum Gasteiger partial charge on any atom is 0.130 e. The van der Waals surface area contributed by atoms with Crippen LogP contribution in [-0.4, -0.2) is 20.1 Å². The Hall–Kier alpha value is -3.27. The second-order valence-electron chi connectivity index (χ2n) is 8.84. The van der Waals surface area contributed by atoms with Crippen molar-refractivity contribution >= 4 is 5.84 Å². The Morgan fingerprint density at radius 3 is 2.10 bits per heavy atom. The number of ether oxygens (including phenoxy) is 2. The van der Waals surface area contributed by atoms with Crippen LogP contribution in [-0.2, 0) is 11.8 Å². The van der Waals surface area contributed by atoms with Crippen molar-refractivity contribution in [1.29, 1.82) is 5.41 Å². The number of hydrogen-bond donors (Lipinski definition) is 2. The molecular formula is C27H32N2O2. The number of amidine groups is 1. The molecule has 0 saturated heterocycles. The van der Waals surface area contributed by atoms with Gasteiger partial charge in [0.2, 0.25) is 0 Å². The standard InChI is InChI=1S/C27H32N2O2/c1-27(2,3)22-9-7-19(8-10-22)20-14-18(6-13-26(28)29)15-21(16-20)24-12-11-23(30-4)17-25(24)31-5/h7-12,14-17H,6,13H2,1-5H3,(H3,28,29). The predicted octanol–water partition coefficient (Wildman–Crippen LogP) is 6.20. The van der Waals surface area contributed by atoms with E-state index in [1.165, 1.54) is 5.56 Å². The zero-order chi connectivity index (χ0) is 22.6. The lowest BCUT2D eigenvalue weighted by Crippen LogP contribution is -2.10. The highest BCUT2D eigenvalue weighted by molar-refractivity contribution is 5.79. The van der Waals surface area contributed by atoms with E-state index in [2.05, 4.69) is 63.2 Å². The van der Waals surface area contributed by atoms with Crippen molar-refractivity contribution in [2.45, 2.75) is 39.0 Å². The van der Waals surface area contributed by atoms with Gasteiger partial charge in [0.25, 0.3) is 0 Å². The summed E-state index contributed by atoms with van der Waals surface area (Å²) in [7, 11) is 3.32. The van der Waals surface area contributed by atoms with E-state index in [-0.39, 0.29) is 11.3 Å². The first kappa shape index (κ1) is 22.4. The van der Waals surface area contributed by atoms with Gasteiger partial charge in [-0.2, -0.15) is 0 Å². The molecule has 0 aliphatic carbocycles. The van der Waals surface area contributed by atoms with E-state index in [0.717, 1.165) is 39.3 Å². The quantitative estimate of drug-likeness (QED) is 0.356. The van der Waals surface area contributed by atoms with Gasteiger partial charge < -0.3 is 15.2 Å². The average molecular weight is 417 g/mol. The molecule has 0 aromatic heterocycles. The summed E-state index contributed by atoms with van der Waals surface area (Å²) in [5.74, 6) is 1.71. The van der Waals surface area contributed by atoms with Crippen LogP contribution in [0.2, 0.25) is 0 Å². The SMILES string of the molecule is COc1ccc(-c2cc(CCC(=N)N)cc(-c3ccc(C(C)(C)C)cc3)c2)c(OC)c1. The van der Waals surface area contributed by atoms with Crippen LogP contribution in [0.3, 0.4) is 0 Å². The summed E-state index contributed by atoms with van der Waals surface area (Å²) >= 11 is 0. The van der Waals surface area contributed by atoms with Crippen molar-refractivity contribution in [3.05, 3.63) is 71.8 Å². The molecule has 4 heteroatoms. The highest BCUT2D eigenvalue weighted by Gasteiger charge is 2.14. The molecular weight excluding hydrogens is 384 g/mol. The predicted molar refractivity (Wildman–Crippen MR) is 129 cm³/mol. The molecule has 3 aromatic rings. The molecule has 162 valence electrons. The molecule has 0 spiro atoms. The fourth-order valence-electron chi connectivity index (χ4n) is 3.64. The van der Waals surface area contributed by atoms with Gasteiger partial charge >= 0.3 is 0 Å². The number of hydrogen-bond acceptors (Lipinski definition) is 3. The topological polar surface area (TPSA) is 68.3 Å². The van der Waals surface area contributed by atoms with Crippen LogP contribution < -0.4 is 15.2 Å². The number of methoxy groups -OCH3 is 2. The monoisotopic (exact) mass is 416 g/mol. The summed E-state index contributed by atoms with van der Waals surface area (Å²) in [5, 5.41) is 7.61. The van der Waals surface area contributed by atoms with Crippen molar-refractivity contribution < 1.29 is 9.47 Å². The van der Waals surface area contributed by atoms with Crippen molar-refractivity contribution in [2.24, 2.45) is 5.73 Å². The highest BCUT2D eigenvalue weighted by atomic mass is 16.5. The van der Waals surface area contributed by atoms with E-state index in [1.54, 1.807) is 14.2 Å². The van der Waals surface area contributed by atoms with E-state index in [1.807, 2.05) is 18.2 Å². The molecule has 0 fully saturated rings. The molecule has 0 atom stereocenters. The van der Waals surface area contributed by atoms with Crippen molar-refractivity contribution in [2.75, 3.05) is 14.2 Å². The third-order valence-electron chi connectivity index (χ3n) is 5.48. The lowest BCUT2D eigenvalue weighted by molar-refractivity contribution is 0.395. The minimum Gasteiger partial charge on any atom is -0.497 e. The zero-order valence-corrected chi connectivity index (χ0v) is 19.1. The van der Waals surface area contributed by atoms with Gasteiger partial charge in [-0.05, 0) is 57.9 Å². The first-order valence-electron chi connectivity index (χ1n) is 10.5. The molecule has 3 aromatic carbocycles. The fourth-order valence-corrected chi connectivity index (χ4v) is 3.64. The van der Waals surface area contributed by atoms with Gasteiger partial charge in [-0.25, -0.2) is 0 Å². The zero-order valence-electron chi connectivity index (χ0n) is 19.1. The number of aryl methyl sites for hydroxylation is 1. The Balaban J connectivity index is 2.10. The highest BCUT2D eigenvalue weighted by Crippen LogP contribution is 2.36. The Morgan fingerprint density at radius 1 is 0.839 bits per heavy atom. The second kappa shape index (κ2) is 9.25. The largest absolute Gasteiger partial charge is 0.497 e. The molecule has 0 unspecified atom stereocenters. The maximum atomic E-state index is 7.61. The van der Waals surface area contributed by atoms with Gasteiger partial charge in [-0.1, -0.05) is 57.2 Å². The van der Waals surface area contributed by atoms with Crippen molar-refractivity contribution in [1.82, 2.24) is 0 Å².